The first-order valence-corrected chi connectivity index (χ1v) is 13.3. The first-order valence-electron chi connectivity index (χ1n) is 13.3. The summed E-state index contributed by atoms with van der Waals surface area (Å²) in [5.74, 6) is 2.20. The Hall–Kier alpha value is -2.82. The molecule has 2 heterocycles. The predicted octanol–water partition coefficient (Wildman–Crippen LogP) is 6.97. The van der Waals surface area contributed by atoms with E-state index in [9.17, 15) is 0 Å². The molecule has 4 nitrogen and oxygen atoms in total. The maximum Gasteiger partial charge on any atom is 0.126 e. The summed E-state index contributed by atoms with van der Waals surface area (Å²) in [7, 11) is 2.18. The van der Waals surface area contributed by atoms with Crippen LogP contribution in [0.25, 0.3) is 0 Å². The third kappa shape index (κ3) is 5.61. The highest BCUT2D eigenvalue weighted by molar-refractivity contribution is 5.50. The Morgan fingerprint density at radius 3 is 2.36 bits per heavy atom. The molecule has 0 saturated carbocycles. The first kappa shape index (κ1) is 24.9. The number of rotatable bonds is 8. The Bertz CT molecular complexity index is 1140. The average Bonchev–Trinajstić information content (AvgIpc) is 2.87. The molecule has 0 bridgehead atoms. The summed E-state index contributed by atoms with van der Waals surface area (Å²) < 4.78 is 19.6. The highest BCUT2D eigenvalue weighted by Gasteiger charge is 2.47. The molecule has 3 atom stereocenters. The molecule has 0 spiro atoms. The van der Waals surface area contributed by atoms with E-state index in [4.69, 9.17) is 14.2 Å². The molecule has 5 rings (SSSR count). The Morgan fingerprint density at radius 1 is 0.944 bits per heavy atom. The number of hydrogen-bond donors (Lipinski definition) is 0. The summed E-state index contributed by atoms with van der Waals surface area (Å²) in [6.07, 6.45) is 3.50. The number of hydrogen-bond acceptors (Lipinski definition) is 4. The van der Waals surface area contributed by atoms with Crippen LogP contribution in [0, 0.1) is 5.92 Å². The predicted molar refractivity (Wildman–Crippen MR) is 144 cm³/mol. The van der Waals surface area contributed by atoms with Crippen LogP contribution < -0.4 is 9.47 Å². The van der Waals surface area contributed by atoms with Crippen molar-refractivity contribution in [3.05, 3.63) is 95.1 Å². The highest BCUT2D eigenvalue weighted by atomic mass is 16.5. The van der Waals surface area contributed by atoms with Gasteiger partial charge in [0.2, 0.25) is 0 Å². The van der Waals surface area contributed by atoms with Crippen LogP contribution in [-0.4, -0.2) is 30.2 Å². The molecule has 0 amide bonds. The SMILES string of the molecule is C[C@H]1CC[C@H]2[C@H](O1)c1cc(OCc3ccccc3)c(CN(C)CCc3ccccc3)cc1OC2(C)C. The van der Waals surface area contributed by atoms with Gasteiger partial charge in [-0.2, -0.15) is 0 Å². The van der Waals surface area contributed by atoms with E-state index in [1.54, 1.807) is 0 Å². The van der Waals surface area contributed by atoms with Gasteiger partial charge in [0.15, 0.2) is 0 Å². The zero-order valence-electron chi connectivity index (χ0n) is 22.1. The van der Waals surface area contributed by atoms with Crippen molar-refractivity contribution in [2.24, 2.45) is 5.92 Å². The standard InChI is InChI=1S/C32H39NO3/c1-23-15-16-28-31(35-23)27-20-29(34-22-25-13-9-6-10-14-25)26(19-30(27)36-32(28,2)3)21-33(4)18-17-24-11-7-5-8-12-24/h5-14,19-20,23,28,31H,15-18,21-22H2,1-4H3/t23-,28-,31+/m0/s1. The number of likely N-dealkylation sites (N-methyl/N-ethyl adjacent to an activating group) is 1. The van der Waals surface area contributed by atoms with Crippen molar-refractivity contribution in [3.8, 4) is 11.5 Å². The van der Waals surface area contributed by atoms with E-state index < -0.39 is 0 Å². The van der Waals surface area contributed by atoms with Crippen LogP contribution in [0.5, 0.6) is 11.5 Å². The summed E-state index contributed by atoms with van der Waals surface area (Å²) in [5, 5.41) is 0. The van der Waals surface area contributed by atoms with Crippen molar-refractivity contribution in [2.75, 3.05) is 13.6 Å². The molecule has 190 valence electrons. The van der Waals surface area contributed by atoms with Gasteiger partial charge in [0.25, 0.3) is 0 Å². The van der Waals surface area contributed by atoms with Crippen LogP contribution in [0.15, 0.2) is 72.8 Å². The van der Waals surface area contributed by atoms with Crippen LogP contribution in [-0.2, 0) is 24.3 Å². The lowest BCUT2D eigenvalue weighted by Crippen LogP contribution is -2.48. The van der Waals surface area contributed by atoms with Crippen LogP contribution in [0.4, 0.5) is 0 Å². The maximum atomic E-state index is 6.64. The van der Waals surface area contributed by atoms with Gasteiger partial charge in [-0.25, -0.2) is 0 Å². The molecule has 0 radical (unpaired) electrons. The van der Waals surface area contributed by atoms with Crippen molar-refractivity contribution in [1.29, 1.82) is 0 Å². The maximum absolute atomic E-state index is 6.64. The average molecular weight is 486 g/mol. The van der Waals surface area contributed by atoms with Crippen LogP contribution in [0.3, 0.4) is 0 Å². The topological polar surface area (TPSA) is 30.9 Å². The third-order valence-electron chi connectivity index (χ3n) is 7.70. The first-order chi connectivity index (χ1) is 17.4. The molecule has 0 unspecified atom stereocenters. The zero-order valence-corrected chi connectivity index (χ0v) is 22.1. The second-order valence-electron chi connectivity index (χ2n) is 11.0. The Kier molecular flexibility index (Phi) is 7.36. The van der Waals surface area contributed by atoms with Gasteiger partial charge in [-0.05, 0) is 70.3 Å². The van der Waals surface area contributed by atoms with E-state index in [1.165, 1.54) is 5.56 Å². The number of ether oxygens (including phenoxy) is 3. The van der Waals surface area contributed by atoms with Crippen LogP contribution >= 0.6 is 0 Å². The van der Waals surface area contributed by atoms with Crippen molar-refractivity contribution in [3.63, 3.8) is 0 Å². The van der Waals surface area contributed by atoms with Gasteiger partial charge >= 0.3 is 0 Å². The third-order valence-corrected chi connectivity index (χ3v) is 7.70. The fraction of sp³-hybridized carbons (Fsp3) is 0.438. The summed E-state index contributed by atoms with van der Waals surface area (Å²) in [6, 6.07) is 25.4. The number of nitrogens with zero attached hydrogens (tertiary/aromatic N) is 1. The van der Waals surface area contributed by atoms with E-state index in [-0.39, 0.29) is 17.8 Å². The summed E-state index contributed by atoms with van der Waals surface area (Å²) in [6.45, 7) is 8.90. The largest absolute Gasteiger partial charge is 0.489 e. The van der Waals surface area contributed by atoms with Gasteiger partial charge in [0.05, 0.1) is 12.2 Å². The molecule has 0 aliphatic carbocycles. The minimum Gasteiger partial charge on any atom is -0.489 e. The van der Waals surface area contributed by atoms with Crippen molar-refractivity contribution in [2.45, 2.75) is 71.0 Å². The van der Waals surface area contributed by atoms with E-state index in [0.717, 1.165) is 60.5 Å². The Balaban J connectivity index is 1.42. The molecule has 0 N–H and O–H groups in total. The summed E-state index contributed by atoms with van der Waals surface area (Å²) in [5.41, 5.74) is 4.54. The number of benzene rings is 3. The minimum absolute atomic E-state index is 0.0384. The van der Waals surface area contributed by atoms with Crippen molar-refractivity contribution in [1.82, 2.24) is 4.90 Å². The normalized spacial score (nSPS) is 22.4. The van der Waals surface area contributed by atoms with Gasteiger partial charge in [-0.1, -0.05) is 60.7 Å². The lowest BCUT2D eigenvalue weighted by molar-refractivity contribution is -0.144. The van der Waals surface area contributed by atoms with Crippen molar-refractivity contribution >= 4 is 0 Å². The molecule has 1 fully saturated rings. The second-order valence-corrected chi connectivity index (χ2v) is 11.0. The van der Waals surface area contributed by atoms with Gasteiger partial charge < -0.3 is 19.1 Å². The molecule has 0 aromatic heterocycles. The van der Waals surface area contributed by atoms with Crippen LogP contribution in [0.2, 0.25) is 0 Å². The summed E-state index contributed by atoms with van der Waals surface area (Å²) >= 11 is 0. The zero-order chi connectivity index (χ0) is 25.1. The van der Waals surface area contributed by atoms with E-state index in [2.05, 4.69) is 99.4 Å². The van der Waals surface area contributed by atoms with Gasteiger partial charge in [0, 0.05) is 30.1 Å². The molecule has 4 heteroatoms. The number of fused-ring (bicyclic) bond motifs is 3. The smallest absolute Gasteiger partial charge is 0.126 e. The second kappa shape index (κ2) is 10.7. The lowest BCUT2D eigenvalue weighted by Gasteiger charge is -2.48. The molecule has 3 aromatic rings. The van der Waals surface area contributed by atoms with Gasteiger partial charge in [-0.3, -0.25) is 0 Å². The quantitative estimate of drug-likeness (QED) is 0.345. The molecule has 36 heavy (non-hydrogen) atoms. The molecule has 2 aliphatic rings. The van der Waals surface area contributed by atoms with Crippen LogP contribution in [0.1, 0.15) is 62.0 Å². The summed E-state index contributed by atoms with van der Waals surface area (Å²) in [4.78, 5) is 2.36. The fourth-order valence-corrected chi connectivity index (χ4v) is 5.60. The fourth-order valence-electron chi connectivity index (χ4n) is 5.60. The Labute approximate surface area is 216 Å². The van der Waals surface area contributed by atoms with Crippen molar-refractivity contribution < 1.29 is 14.2 Å². The minimum atomic E-state index is -0.263. The molecule has 1 saturated heterocycles. The van der Waals surface area contributed by atoms with Gasteiger partial charge in [-0.15, -0.1) is 0 Å². The molecular formula is C32H39NO3. The van der Waals surface area contributed by atoms with E-state index >= 15 is 0 Å². The molecule has 3 aromatic carbocycles. The molecule has 2 aliphatic heterocycles. The highest BCUT2D eigenvalue weighted by Crippen LogP contribution is 2.52. The van der Waals surface area contributed by atoms with E-state index in [1.807, 2.05) is 6.07 Å². The van der Waals surface area contributed by atoms with E-state index in [0.29, 0.717) is 12.5 Å². The molecular weight excluding hydrogens is 446 g/mol. The lowest BCUT2D eigenvalue weighted by atomic mass is 9.75. The Morgan fingerprint density at radius 2 is 1.64 bits per heavy atom. The van der Waals surface area contributed by atoms with Gasteiger partial charge in [0.1, 0.15) is 23.7 Å². The monoisotopic (exact) mass is 485 g/mol.